The number of thiazole rings is 1. The average Bonchev–Trinajstić information content (AvgIpc) is 3.39. The quantitative estimate of drug-likeness (QED) is 0.244. The molecule has 9 heteroatoms. The van der Waals surface area contributed by atoms with Crippen molar-refractivity contribution in [2.45, 2.75) is 33.4 Å². The van der Waals surface area contributed by atoms with Gasteiger partial charge in [0.25, 0.3) is 11.8 Å². The number of rotatable bonds is 11. The molecular formula is C32H40N6O2S. The second-order valence-electron chi connectivity index (χ2n) is 10.0. The molecule has 0 atom stereocenters. The lowest BCUT2D eigenvalue weighted by Gasteiger charge is -2.16. The zero-order chi connectivity index (χ0) is 29.6. The number of carbonyl (C=O) groups is 2. The van der Waals surface area contributed by atoms with Crippen LogP contribution in [0, 0.1) is 13.8 Å². The van der Waals surface area contributed by atoms with E-state index in [0.717, 1.165) is 41.5 Å². The summed E-state index contributed by atoms with van der Waals surface area (Å²) in [6, 6.07) is 19.2. The Morgan fingerprint density at radius 2 is 1.66 bits per heavy atom. The van der Waals surface area contributed by atoms with Crippen molar-refractivity contribution in [2.24, 2.45) is 0 Å². The molecule has 41 heavy (non-hydrogen) atoms. The van der Waals surface area contributed by atoms with E-state index in [2.05, 4.69) is 45.7 Å². The molecule has 4 aromatic rings. The van der Waals surface area contributed by atoms with Crippen molar-refractivity contribution in [3.05, 3.63) is 111 Å². The molecule has 2 aromatic carbocycles. The normalized spacial score (nSPS) is 10.4. The fourth-order valence-electron chi connectivity index (χ4n) is 3.86. The predicted molar refractivity (Wildman–Crippen MR) is 167 cm³/mol. The molecule has 2 aromatic heterocycles. The Bertz CT molecular complexity index is 1390. The molecule has 2 heterocycles. The van der Waals surface area contributed by atoms with Gasteiger partial charge >= 0.3 is 0 Å². The number of hydrogen-bond acceptors (Lipinski definition) is 7. The van der Waals surface area contributed by atoms with E-state index >= 15 is 0 Å². The van der Waals surface area contributed by atoms with Gasteiger partial charge in [-0.25, -0.2) is 4.98 Å². The molecular weight excluding hydrogens is 532 g/mol. The zero-order valence-electron chi connectivity index (χ0n) is 24.6. The number of benzene rings is 2. The van der Waals surface area contributed by atoms with E-state index in [1.165, 1.54) is 16.9 Å². The van der Waals surface area contributed by atoms with E-state index in [0.29, 0.717) is 24.2 Å². The molecule has 0 spiro atoms. The number of nitrogens with one attached hydrogen (secondary N) is 2. The fourth-order valence-corrected chi connectivity index (χ4v) is 4.69. The highest BCUT2D eigenvalue weighted by molar-refractivity contribution is 7.09. The first-order chi connectivity index (χ1) is 19.7. The highest BCUT2D eigenvalue weighted by Crippen LogP contribution is 2.14. The molecule has 0 aliphatic carbocycles. The van der Waals surface area contributed by atoms with Gasteiger partial charge in [-0.05, 0) is 56.6 Å². The van der Waals surface area contributed by atoms with Crippen molar-refractivity contribution in [3.8, 4) is 0 Å². The van der Waals surface area contributed by atoms with Gasteiger partial charge in [0.1, 0.15) is 5.01 Å². The van der Waals surface area contributed by atoms with Crippen LogP contribution in [0.1, 0.15) is 49.0 Å². The molecule has 0 aliphatic rings. The van der Waals surface area contributed by atoms with E-state index in [1.54, 1.807) is 36.2 Å². The number of pyridine rings is 1. The lowest BCUT2D eigenvalue weighted by molar-refractivity contribution is 0.0785. The van der Waals surface area contributed by atoms with Gasteiger partial charge in [-0.1, -0.05) is 42.0 Å². The van der Waals surface area contributed by atoms with Crippen molar-refractivity contribution in [3.63, 3.8) is 0 Å². The number of hydrogen-bond donors (Lipinski definition) is 2. The molecule has 216 valence electrons. The molecule has 0 fully saturated rings. The Morgan fingerprint density at radius 3 is 2.32 bits per heavy atom. The smallest absolute Gasteiger partial charge is 0.253 e. The van der Waals surface area contributed by atoms with Crippen molar-refractivity contribution < 1.29 is 9.59 Å². The molecule has 0 saturated heterocycles. The number of aryl methyl sites for hydroxylation is 2. The maximum Gasteiger partial charge on any atom is 0.253 e. The van der Waals surface area contributed by atoms with Crippen LogP contribution in [0.4, 0.5) is 5.69 Å². The molecule has 2 amide bonds. The standard InChI is InChI=1S/C25H32N6O2S.C7H8/c1-18-17-34-23(29-18)16-31(4)25(33)21-8-5-7-20(12-21)24(32)28-10-6-9-26-13-19-11-22(30(2)3)15-27-14-19;1-7-5-3-2-4-6-7/h5,7-8,11-12,14-15,17,26H,6,9-10,13,16H2,1-4H3,(H,28,32);2-6H,1H3. The van der Waals surface area contributed by atoms with Gasteiger partial charge in [0, 0.05) is 62.6 Å². The summed E-state index contributed by atoms with van der Waals surface area (Å²) in [5.74, 6) is -0.324. The van der Waals surface area contributed by atoms with Gasteiger partial charge < -0.3 is 20.4 Å². The first kappa shape index (κ1) is 31.4. The number of aromatic nitrogens is 2. The van der Waals surface area contributed by atoms with Crippen LogP contribution in [0.15, 0.2) is 78.4 Å². The third kappa shape index (κ3) is 10.8. The number of carbonyl (C=O) groups excluding carboxylic acids is 2. The second-order valence-corrected chi connectivity index (χ2v) is 11.0. The Hall–Kier alpha value is -4.08. The highest BCUT2D eigenvalue weighted by atomic mass is 32.1. The summed E-state index contributed by atoms with van der Waals surface area (Å²) in [7, 11) is 5.72. The largest absolute Gasteiger partial charge is 0.376 e. The van der Waals surface area contributed by atoms with Gasteiger partial charge in [-0.15, -0.1) is 11.3 Å². The SMILES string of the molecule is Cc1ccccc1.Cc1csc(CN(C)C(=O)c2cccc(C(=O)NCCCNCc3cncc(N(C)C)c3)c2)n1. The van der Waals surface area contributed by atoms with E-state index in [-0.39, 0.29) is 11.8 Å². The van der Waals surface area contributed by atoms with Crippen LogP contribution < -0.4 is 15.5 Å². The zero-order valence-corrected chi connectivity index (χ0v) is 25.4. The summed E-state index contributed by atoms with van der Waals surface area (Å²) in [6.45, 7) is 6.49. The van der Waals surface area contributed by atoms with Crippen LogP contribution in [0.3, 0.4) is 0 Å². The Morgan fingerprint density at radius 1 is 0.902 bits per heavy atom. The third-order valence-electron chi connectivity index (χ3n) is 6.14. The summed E-state index contributed by atoms with van der Waals surface area (Å²) in [6.07, 6.45) is 4.48. The van der Waals surface area contributed by atoms with Gasteiger partial charge in [0.2, 0.25) is 0 Å². The lowest BCUT2D eigenvalue weighted by atomic mass is 10.1. The molecule has 2 N–H and O–H groups in total. The molecule has 0 bridgehead atoms. The maximum atomic E-state index is 12.8. The number of nitrogens with zero attached hydrogens (tertiary/aromatic N) is 4. The van der Waals surface area contributed by atoms with Crippen molar-refractivity contribution in [1.29, 1.82) is 0 Å². The summed E-state index contributed by atoms with van der Waals surface area (Å²) in [5.41, 5.74) is 5.42. The fraction of sp³-hybridized carbons (Fsp3) is 0.312. The lowest BCUT2D eigenvalue weighted by Crippen LogP contribution is -2.28. The molecule has 0 unspecified atom stereocenters. The van der Waals surface area contributed by atoms with Crippen LogP contribution in [0.5, 0.6) is 0 Å². The summed E-state index contributed by atoms with van der Waals surface area (Å²) in [5, 5.41) is 9.16. The number of amides is 2. The minimum atomic E-state index is -0.185. The van der Waals surface area contributed by atoms with Gasteiger partial charge in [-0.2, -0.15) is 0 Å². The monoisotopic (exact) mass is 572 g/mol. The van der Waals surface area contributed by atoms with Gasteiger partial charge in [-0.3, -0.25) is 14.6 Å². The van der Waals surface area contributed by atoms with E-state index < -0.39 is 0 Å². The van der Waals surface area contributed by atoms with Gasteiger partial charge in [0.05, 0.1) is 18.4 Å². The minimum Gasteiger partial charge on any atom is -0.376 e. The Balaban J connectivity index is 0.000000575. The average molecular weight is 573 g/mol. The second kappa shape index (κ2) is 16.2. The molecule has 0 saturated carbocycles. The Kier molecular flexibility index (Phi) is 12.5. The highest BCUT2D eigenvalue weighted by Gasteiger charge is 2.15. The molecule has 0 radical (unpaired) electrons. The molecule has 8 nitrogen and oxygen atoms in total. The molecule has 4 rings (SSSR count). The van der Waals surface area contributed by atoms with E-state index in [4.69, 9.17) is 0 Å². The third-order valence-corrected chi connectivity index (χ3v) is 7.09. The topological polar surface area (TPSA) is 90.5 Å². The molecule has 0 aliphatic heterocycles. The summed E-state index contributed by atoms with van der Waals surface area (Å²) >= 11 is 1.53. The minimum absolute atomic E-state index is 0.139. The summed E-state index contributed by atoms with van der Waals surface area (Å²) in [4.78, 5) is 37.7. The van der Waals surface area contributed by atoms with Crippen LogP contribution in [-0.2, 0) is 13.1 Å². The summed E-state index contributed by atoms with van der Waals surface area (Å²) < 4.78 is 0. The van der Waals surface area contributed by atoms with E-state index in [1.807, 2.05) is 61.9 Å². The van der Waals surface area contributed by atoms with Crippen molar-refractivity contribution in [1.82, 2.24) is 25.5 Å². The number of anilines is 1. The van der Waals surface area contributed by atoms with Crippen LogP contribution in [0.2, 0.25) is 0 Å². The van der Waals surface area contributed by atoms with Crippen LogP contribution in [-0.4, -0.2) is 60.9 Å². The maximum absolute atomic E-state index is 12.8. The van der Waals surface area contributed by atoms with E-state index in [9.17, 15) is 9.59 Å². The van der Waals surface area contributed by atoms with Crippen LogP contribution >= 0.6 is 11.3 Å². The van der Waals surface area contributed by atoms with Crippen molar-refractivity contribution >= 4 is 28.8 Å². The first-order valence-electron chi connectivity index (χ1n) is 13.6. The van der Waals surface area contributed by atoms with Gasteiger partial charge in [0.15, 0.2) is 0 Å². The van der Waals surface area contributed by atoms with Crippen LogP contribution in [0.25, 0.3) is 0 Å². The van der Waals surface area contributed by atoms with Crippen molar-refractivity contribution in [2.75, 3.05) is 39.1 Å². The predicted octanol–water partition coefficient (Wildman–Crippen LogP) is 5.09. The Labute approximate surface area is 247 Å². The first-order valence-corrected chi connectivity index (χ1v) is 14.5.